The smallest absolute Gasteiger partial charge is 0.320 e. The fourth-order valence-corrected chi connectivity index (χ4v) is 2.44. The summed E-state index contributed by atoms with van der Waals surface area (Å²) in [6.07, 6.45) is 1.54. The number of aliphatic hydroxyl groups is 1. The van der Waals surface area contributed by atoms with Crippen molar-refractivity contribution in [2.24, 2.45) is 5.92 Å². The Morgan fingerprint density at radius 3 is 2.88 bits per heavy atom. The Balaban J connectivity index is 1.98. The number of hydrogen-bond donors (Lipinski definition) is 3. The molecule has 0 aliphatic carbocycles. The monoisotopic (exact) mass is 334 g/mol. The predicted molar refractivity (Wildman–Crippen MR) is 90.8 cm³/mol. The Bertz CT molecular complexity index is 687. The molecule has 2 aromatic rings. The third-order valence-electron chi connectivity index (χ3n) is 3.85. The molecular formula is C17H23FN4O2. The molecule has 0 fully saturated rings. The normalized spacial score (nSPS) is 12.0. The molecule has 0 bridgehead atoms. The van der Waals surface area contributed by atoms with Crippen LogP contribution in [0.4, 0.5) is 15.0 Å². The molecule has 1 atom stereocenters. The molecule has 7 heteroatoms. The number of hydrogen-bond acceptors (Lipinski definition) is 3. The molecule has 3 N–H and O–H groups in total. The van der Waals surface area contributed by atoms with Gasteiger partial charge in [0, 0.05) is 24.9 Å². The quantitative estimate of drug-likeness (QED) is 0.728. The van der Waals surface area contributed by atoms with Gasteiger partial charge < -0.3 is 10.4 Å². The summed E-state index contributed by atoms with van der Waals surface area (Å²) in [5.41, 5.74) is 1.37. The first kappa shape index (κ1) is 17.9. The van der Waals surface area contributed by atoms with Crippen molar-refractivity contribution >= 4 is 11.8 Å². The van der Waals surface area contributed by atoms with E-state index in [2.05, 4.69) is 15.7 Å². The molecule has 0 aliphatic rings. The average Bonchev–Trinajstić information content (AvgIpc) is 2.91. The Labute approximate surface area is 140 Å². The molecular weight excluding hydrogens is 311 g/mol. The molecule has 2 amide bonds. The molecule has 1 unspecified atom stereocenters. The van der Waals surface area contributed by atoms with Crippen LogP contribution in [-0.2, 0) is 0 Å². The number of carbonyl (C=O) groups is 1. The van der Waals surface area contributed by atoms with Crippen LogP contribution in [0.25, 0.3) is 5.69 Å². The van der Waals surface area contributed by atoms with E-state index >= 15 is 0 Å². The van der Waals surface area contributed by atoms with E-state index in [0.29, 0.717) is 24.5 Å². The number of halogens is 1. The van der Waals surface area contributed by atoms with Crippen molar-refractivity contribution in [3.05, 3.63) is 41.8 Å². The van der Waals surface area contributed by atoms with E-state index in [1.807, 2.05) is 13.8 Å². The number of rotatable bonds is 7. The van der Waals surface area contributed by atoms with Crippen molar-refractivity contribution in [2.75, 3.05) is 18.5 Å². The maximum atomic E-state index is 13.3. The number of anilines is 1. The standard InChI is InChI=1S/C17H23FN4O2/c1-3-13(7-8-23)11-19-17(24)20-16-9-12(2)22(21-16)15-6-4-5-14(18)10-15/h4-6,9-10,13,23H,3,7-8,11H2,1-2H3,(H2,19,20,21,24). The lowest BCUT2D eigenvalue weighted by atomic mass is 10.0. The molecule has 0 radical (unpaired) electrons. The summed E-state index contributed by atoms with van der Waals surface area (Å²) in [4.78, 5) is 12.0. The number of aliphatic hydroxyl groups excluding tert-OH is 1. The summed E-state index contributed by atoms with van der Waals surface area (Å²) in [7, 11) is 0. The highest BCUT2D eigenvalue weighted by molar-refractivity contribution is 5.88. The van der Waals surface area contributed by atoms with Crippen LogP contribution in [0.15, 0.2) is 30.3 Å². The van der Waals surface area contributed by atoms with Gasteiger partial charge in [0.2, 0.25) is 0 Å². The van der Waals surface area contributed by atoms with E-state index in [4.69, 9.17) is 5.11 Å². The van der Waals surface area contributed by atoms with Crippen molar-refractivity contribution in [3.63, 3.8) is 0 Å². The summed E-state index contributed by atoms with van der Waals surface area (Å²) >= 11 is 0. The van der Waals surface area contributed by atoms with Crippen LogP contribution in [0.1, 0.15) is 25.5 Å². The number of carbonyl (C=O) groups excluding carboxylic acids is 1. The number of aryl methyl sites for hydroxylation is 1. The summed E-state index contributed by atoms with van der Waals surface area (Å²) in [5, 5.41) is 18.7. The van der Waals surface area contributed by atoms with E-state index in [1.54, 1.807) is 22.9 Å². The molecule has 0 saturated heterocycles. The van der Waals surface area contributed by atoms with Gasteiger partial charge in [-0.2, -0.15) is 0 Å². The maximum absolute atomic E-state index is 13.3. The van der Waals surface area contributed by atoms with E-state index in [-0.39, 0.29) is 24.4 Å². The first-order chi connectivity index (χ1) is 11.5. The zero-order valence-corrected chi connectivity index (χ0v) is 13.9. The molecule has 0 spiro atoms. The van der Waals surface area contributed by atoms with Gasteiger partial charge in [-0.25, -0.2) is 13.9 Å². The van der Waals surface area contributed by atoms with Gasteiger partial charge >= 0.3 is 6.03 Å². The lowest BCUT2D eigenvalue weighted by Gasteiger charge is -2.14. The van der Waals surface area contributed by atoms with Gasteiger partial charge in [-0.3, -0.25) is 5.32 Å². The Hall–Kier alpha value is -2.41. The fourth-order valence-electron chi connectivity index (χ4n) is 2.44. The molecule has 1 aromatic heterocycles. The maximum Gasteiger partial charge on any atom is 0.320 e. The van der Waals surface area contributed by atoms with E-state index in [0.717, 1.165) is 12.1 Å². The highest BCUT2D eigenvalue weighted by atomic mass is 19.1. The summed E-state index contributed by atoms with van der Waals surface area (Å²) in [6.45, 7) is 4.45. The molecule has 6 nitrogen and oxygen atoms in total. The molecule has 0 saturated carbocycles. The van der Waals surface area contributed by atoms with Gasteiger partial charge in [0.15, 0.2) is 5.82 Å². The van der Waals surface area contributed by atoms with Gasteiger partial charge in [-0.1, -0.05) is 19.4 Å². The van der Waals surface area contributed by atoms with Gasteiger partial charge in [-0.15, -0.1) is 5.10 Å². The number of benzene rings is 1. The number of aromatic nitrogens is 2. The highest BCUT2D eigenvalue weighted by Gasteiger charge is 2.11. The fraction of sp³-hybridized carbons (Fsp3) is 0.412. The first-order valence-corrected chi connectivity index (χ1v) is 8.01. The zero-order valence-electron chi connectivity index (χ0n) is 13.9. The predicted octanol–water partition coefficient (Wildman–Crippen LogP) is 2.85. The molecule has 0 aliphatic heterocycles. The Morgan fingerprint density at radius 2 is 2.21 bits per heavy atom. The van der Waals surface area contributed by atoms with Gasteiger partial charge in [0.05, 0.1) is 5.69 Å². The summed E-state index contributed by atoms with van der Waals surface area (Å²) < 4.78 is 14.9. The van der Waals surface area contributed by atoms with Gasteiger partial charge in [-0.05, 0) is 37.5 Å². The van der Waals surface area contributed by atoms with Crippen LogP contribution in [0.5, 0.6) is 0 Å². The second-order valence-corrected chi connectivity index (χ2v) is 5.68. The number of amides is 2. The molecule has 1 aromatic carbocycles. The second-order valence-electron chi connectivity index (χ2n) is 5.68. The number of nitrogens with one attached hydrogen (secondary N) is 2. The van der Waals surface area contributed by atoms with Gasteiger partial charge in [0.25, 0.3) is 0 Å². The lowest BCUT2D eigenvalue weighted by molar-refractivity contribution is 0.238. The van der Waals surface area contributed by atoms with Crippen molar-refractivity contribution in [2.45, 2.75) is 26.7 Å². The molecule has 130 valence electrons. The molecule has 24 heavy (non-hydrogen) atoms. The van der Waals surface area contributed by atoms with Crippen LogP contribution in [0.2, 0.25) is 0 Å². The third kappa shape index (κ3) is 4.79. The van der Waals surface area contributed by atoms with Crippen molar-refractivity contribution in [1.29, 1.82) is 0 Å². The minimum Gasteiger partial charge on any atom is -0.396 e. The number of urea groups is 1. The minimum absolute atomic E-state index is 0.110. The summed E-state index contributed by atoms with van der Waals surface area (Å²) in [5.74, 6) is 0.293. The van der Waals surface area contributed by atoms with Crippen molar-refractivity contribution in [3.8, 4) is 5.69 Å². The van der Waals surface area contributed by atoms with Crippen molar-refractivity contribution in [1.82, 2.24) is 15.1 Å². The minimum atomic E-state index is -0.352. The lowest BCUT2D eigenvalue weighted by Crippen LogP contribution is -2.33. The van der Waals surface area contributed by atoms with Gasteiger partial charge in [0.1, 0.15) is 5.82 Å². The Kier molecular flexibility index (Phi) is 6.31. The first-order valence-electron chi connectivity index (χ1n) is 8.01. The molecule has 2 rings (SSSR count). The van der Waals surface area contributed by atoms with Crippen LogP contribution in [0.3, 0.4) is 0 Å². The molecule has 1 heterocycles. The van der Waals surface area contributed by atoms with Crippen molar-refractivity contribution < 1.29 is 14.3 Å². The third-order valence-corrected chi connectivity index (χ3v) is 3.85. The average molecular weight is 334 g/mol. The van der Waals surface area contributed by atoms with Crippen LogP contribution < -0.4 is 10.6 Å². The van der Waals surface area contributed by atoms with Crippen LogP contribution in [0, 0.1) is 18.7 Å². The Morgan fingerprint density at radius 1 is 1.42 bits per heavy atom. The summed E-state index contributed by atoms with van der Waals surface area (Å²) in [6, 6.07) is 7.46. The topological polar surface area (TPSA) is 79.2 Å². The largest absolute Gasteiger partial charge is 0.396 e. The van der Waals surface area contributed by atoms with E-state index < -0.39 is 0 Å². The van der Waals surface area contributed by atoms with E-state index in [9.17, 15) is 9.18 Å². The SMILES string of the molecule is CCC(CCO)CNC(=O)Nc1cc(C)n(-c2cccc(F)c2)n1. The number of nitrogens with zero attached hydrogens (tertiary/aromatic N) is 2. The highest BCUT2D eigenvalue weighted by Crippen LogP contribution is 2.16. The van der Waals surface area contributed by atoms with Crippen LogP contribution in [-0.4, -0.2) is 34.1 Å². The van der Waals surface area contributed by atoms with Crippen LogP contribution >= 0.6 is 0 Å². The second kappa shape index (κ2) is 8.44. The van der Waals surface area contributed by atoms with E-state index in [1.165, 1.54) is 12.1 Å². The zero-order chi connectivity index (χ0) is 17.5.